The Morgan fingerprint density at radius 3 is 2.80 bits per heavy atom. The Labute approximate surface area is 149 Å². The van der Waals surface area contributed by atoms with Gasteiger partial charge in [0.15, 0.2) is 0 Å². The van der Waals surface area contributed by atoms with E-state index < -0.39 is 0 Å². The summed E-state index contributed by atoms with van der Waals surface area (Å²) in [5, 5.41) is 4.70. The van der Waals surface area contributed by atoms with Crippen LogP contribution in [0.25, 0.3) is 0 Å². The van der Waals surface area contributed by atoms with Crippen LogP contribution in [0.1, 0.15) is 74.3 Å². The largest absolute Gasteiger partial charge is 0.371 e. The fraction of sp³-hybridized carbons (Fsp3) is 0.789. The van der Waals surface area contributed by atoms with Crippen molar-refractivity contribution in [2.45, 2.75) is 77.2 Å². The molecule has 1 spiro atoms. The van der Waals surface area contributed by atoms with Crippen LogP contribution in [0, 0.1) is 0 Å². The predicted octanol–water partition coefficient (Wildman–Crippen LogP) is 2.71. The summed E-state index contributed by atoms with van der Waals surface area (Å²) in [5.41, 5.74) is 2.70. The van der Waals surface area contributed by atoms with Gasteiger partial charge in [-0.1, -0.05) is 12.8 Å². The Kier molecular flexibility index (Phi) is 4.36. The van der Waals surface area contributed by atoms with Crippen LogP contribution >= 0.6 is 0 Å². The van der Waals surface area contributed by atoms with E-state index in [4.69, 9.17) is 14.6 Å². The highest BCUT2D eigenvalue weighted by atomic mass is 16.5. The Hall–Kier alpha value is -1.40. The first-order valence-electron chi connectivity index (χ1n) is 9.71. The van der Waals surface area contributed by atoms with E-state index >= 15 is 0 Å². The van der Waals surface area contributed by atoms with E-state index in [-0.39, 0.29) is 23.7 Å². The van der Waals surface area contributed by atoms with Gasteiger partial charge < -0.3 is 14.4 Å². The zero-order valence-corrected chi connectivity index (χ0v) is 15.6. The molecule has 0 unspecified atom stereocenters. The van der Waals surface area contributed by atoms with Gasteiger partial charge in [-0.25, -0.2) is 0 Å². The number of ether oxygens (including phenoxy) is 2. The summed E-state index contributed by atoms with van der Waals surface area (Å²) < 4.78 is 13.9. The summed E-state index contributed by atoms with van der Waals surface area (Å²) >= 11 is 0. The van der Waals surface area contributed by atoms with Crippen molar-refractivity contribution in [2.75, 3.05) is 19.7 Å². The molecule has 2 atom stereocenters. The summed E-state index contributed by atoms with van der Waals surface area (Å²) in [6, 6.07) is 0. The molecular weight excluding hydrogens is 318 g/mol. The number of hydrogen-bond acceptors (Lipinski definition) is 4. The minimum Gasteiger partial charge on any atom is -0.371 e. The van der Waals surface area contributed by atoms with E-state index in [2.05, 4.69) is 6.92 Å². The molecule has 0 radical (unpaired) electrons. The van der Waals surface area contributed by atoms with Crippen LogP contribution in [0.4, 0.5) is 0 Å². The van der Waals surface area contributed by atoms with Crippen molar-refractivity contribution < 1.29 is 14.3 Å². The van der Waals surface area contributed by atoms with E-state index in [0.29, 0.717) is 19.7 Å². The smallest absolute Gasteiger partial charge is 0.272 e. The zero-order valence-electron chi connectivity index (χ0n) is 15.6. The van der Waals surface area contributed by atoms with Gasteiger partial charge in [0, 0.05) is 25.1 Å². The molecule has 4 rings (SSSR count). The number of carbonyl (C=O) groups excluding carboxylic acids is 1. The maximum atomic E-state index is 13.4. The minimum absolute atomic E-state index is 0.0519. The van der Waals surface area contributed by atoms with Gasteiger partial charge in [0.2, 0.25) is 0 Å². The van der Waals surface area contributed by atoms with Gasteiger partial charge in [-0.05, 0) is 33.6 Å². The number of aromatic nitrogens is 2. The van der Waals surface area contributed by atoms with Gasteiger partial charge in [0.1, 0.15) is 5.69 Å². The molecular formula is C19H29N3O3. The van der Waals surface area contributed by atoms with Crippen molar-refractivity contribution in [3.8, 4) is 0 Å². The number of amides is 1. The molecule has 1 saturated carbocycles. The third-order valence-corrected chi connectivity index (χ3v) is 5.95. The van der Waals surface area contributed by atoms with Crippen molar-refractivity contribution in [2.24, 2.45) is 0 Å². The SMILES string of the molecule is CCn1nc2c(c1C(=O)N1CCOC3(CCCC3)C1)C[C@H](C)O[C@@H]2C. The number of nitrogens with zero attached hydrogens (tertiary/aromatic N) is 3. The molecule has 1 aromatic rings. The summed E-state index contributed by atoms with van der Waals surface area (Å²) in [6.07, 6.45) is 5.38. The zero-order chi connectivity index (χ0) is 17.6. The second-order valence-corrected chi connectivity index (χ2v) is 7.79. The van der Waals surface area contributed by atoms with E-state index in [1.165, 1.54) is 12.8 Å². The summed E-state index contributed by atoms with van der Waals surface area (Å²) in [4.78, 5) is 15.4. The van der Waals surface area contributed by atoms with Crippen LogP contribution < -0.4 is 0 Å². The quantitative estimate of drug-likeness (QED) is 0.825. The highest BCUT2D eigenvalue weighted by Gasteiger charge is 2.42. The van der Waals surface area contributed by atoms with Gasteiger partial charge in [-0.15, -0.1) is 0 Å². The lowest BCUT2D eigenvalue weighted by Crippen LogP contribution is -2.52. The van der Waals surface area contributed by atoms with E-state index in [0.717, 1.165) is 42.8 Å². The lowest BCUT2D eigenvalue weighted by molar-refractivity contribution is -0.0950. The second kappa shape index (κ2) is 6.40. The summed E-state index contributed by atoms with van der Waals surface area (Å²) in [5.74, 6) is 0.117. The Morgan fingerprint density at radius 1 is 1.32 bits per heavy atom. The van der Waals surface area contributed by atoms with Crippen LogP contribution in [0.2, 0.25) is 0 Å². The van der Waals surface area contributed by atoms with E-state index in [1.54, 1.807) is 0 Å². The van der Waals surface area contributed by atoms with Crippen LogP contribution in [-0.4, -0.2) is 52.0 Å². The molecule has 2 fully saturated rings. The molecule has 3 aliphatic rings. The normalized spacial score (nSPS) is 28.4. The van der Waals surface area contributed by atoms with Crippen LogP contribution in [0.15, 0.2) is 0 Å². The highest BCUT2D eigenvalue weighted by molar-refractivity contribution is 5.94. The first-order valence-corrected chi connectivity index (χ1v) is 9.71. The van der Waals surface area contributed by atoms with Gasteiger partial charge in [-0.2, -0.15) is 5.10 Å². The average Bonchev–Trinajstić information content (AvgIpc) is 3.19. The topological polar surface area (TPSA) is 56.6 Å². The predicted molar refractivity (Wildman–Crippen MR) is 93.6 cm³/mol. The molecule has 1 aliphatic carbocycles. The lowest BCUT2D eigenvalue weighted by atomic mass is 9.97. The first kappa shape index (κ1) is 17.0. The maximum Gasteiger partial charge on any atom is 0.272 e. The molecule has 0 N–H and O–H groups in total. The molecule has 6 nitrogen and oxygen atoms in total. The Morgan fingerprint density at radius 2 is 2.08 bits per heavy atom. The van der Waals surface area contributed by atoms with Crippen LogP contribution in [0.5, 0.6) is 0 Å². The first-order chi connectivity index (χ1) is 12.0. The molecule has 0 bridgehead atoms. The van der Waals surface area contributed by atoms with Crippen molar-refractivity contribution in [3.63, 3.8) is 0 Å². The number of aryl methyl sites for hydroxylation is 1. The maximum absolute atomic E-state index is 13.4. The standard InChI is InChI=1S/C19H29N3O3/c1-4-22-17(15-11-13(2)25-14(3)16(15)20-22)18(23)21-9-10-24-19(12-21)7-5-6-8-19/h13-14H,4-12H2,1-3H3/t13-,14+/m0/s1. The molecule has 6 heteroatoms. The number of morpholine rings is 1. The molecule has 1 amide bonds. The molecule has 1 aromatic heterocycles. The van der Waals surface area contributed by atoms with Crippen molar-refractivity contribution >= 4 is 5.91 Å². The van der Waals surface area contributed by atoms with Gasteiger partial charge in [-0.3, -0.25) is 9.48 Å². The van der Waals surface area contributed by atoms with Crippen LogP contribution in [0.3, 0.4) is 0 Å². The van der Waals surface area contributed by atoms with E-state index in [1.807, 2.05) is 23.4 Å². The molecule has 25 heavy (non-hydrogen) atoms. The third-order valence-electron chi connectivity index (χ3n) is 5.95. The number of fused-ring (bicyclic) bond motifs is 1. The lowest BCUT2D eigenvalue weighted by Gasteiger charge is -2.40. The van der Waals surface area contributed by atoms with Crippen molar-refractivity contribution in [1.82, 2.24) is 14.7 Å². The summed E-state index contributed by atoms with van der Waals surface area (Å²) in [7, 11) is 0. The molecule has 0 aromatic carbocycles. The average molecular weight is 347 g/mol. The minimum atomic E-state index is -0.102. The van der Waals surface area contributed by atoms with Gasteiger partial charge in [0.25, 0.3) is 5.91 Å². The summed E-state index contributed by atoms with van der Waals surface area (Å²) in [6.45, 7) is 8.87. The number of carbonyl (C=O) groups is 1. The molecule has 2 aliphatic heterocycles. The fourth-order valence-corrected chi connectivity index (χ4v) is 4.75. The van der Waals surface area contributed by atoms with Gasteiger partial charge >= 0.3 is 0 Å². The molecule has 3 heterocycles. The second-order valence-electron chi connectivity index (χ2n) is 7.79. The van der Waals surface area contributed by atoms with Crippen molar-refractivity contribution in [1.29, 1.82) is 0 Å². The molecule has 138 valence electrons. The van der Waals surface area contributed by atoms with Crippen molar-refractivity contribution in [3.05, 3.63) is 17.0 Å². The molecule has 1 saturated heterocycles. The highest BCUT2D eigenvalue weighted by Crippen LogP contribution is 2.37. The third kappa shape index (κ3) is 2.89. The number of hydrogen-bond donors (Lipinski definition) is 0. The van der Waals surface area contributed by atoms with Gasteiger partial charge in [0.05, 0.1) is 36.7 Å². The Bertz CT molecular complexity index is 663. The fourth-order valence-electron chi connectivity index (χ4n) is 4.75. The van der Waals surface area contributed by atoms with Crippen LogP contribution in [-0.2, 0) is 22.4 Å². The Balaban J connectivity index is 1.66. The number of rotatable bonds is 2. The monoisotopic (exact) mass is 347 g/mol. The van der Waals surface area contributed by atoms with E-state index in [9.17, 15) is 4.79 Å².